The lowest BCUT2D eigenvalue weighted by atomic mass is 9.85. The zero-order valence-electron chi connectivity index (χ0n) is 29.8. The summed E-state index contributed by atoms with van der Waals surface area (Å²) in [5, 5.41) is 12.9. The minimum absolute atomic E-state index is 1.25. The average Bonchev–Trinajstić information content (AvgIpc) is 3.61. The van der Waals surface area contributed by atoms with Gasteiger partial charge in [0.25, 0.3) is 0 Å². The van der Waals surface area contributed by atoms with Crippen LogP contribution in [0.15, 0.2) is 188 Å². The minimum atomic E-state index is 1.25. The highest BCUT2D eigenvalue weighted by Gasteiger charge is 2.21. The molecule has 0 nitrogen and oxygen atoms in total. The quantitative estimate of drug-likeness (QED) is 0.160. The van der Waals surface area contributed by atoms with Crippen molar-refractivity contribution in [2.45, 2.75) is 6.92 Å². The van der Waals surface area contributed by atoms with Gasteiger partial charge >= 0.3 is 0 Å². The predicted octanol–water partition coefficient (Wildman–Crippen LogP) is 15.6. The summed E-state index contributed by atoms with van der Waals surface area (Å²) >= 11 is 1.92. The smallest absolute Gasteiger partial charge is 0.0434 e. The molecule has 1 aromatic heterocycles. The maximum absolute atomic E-state index is 2.44. The molecule has 11 rings (SSSR count). The van der Waals surface area contributed by atoms with Crippen molar-refractivity contribution < 1.29 is 0 Å². The van der Waals surface area contributed by atoms with E-state index in [2.05, 4.69) is 195 Å². The molecule has 0 saturated carbocycles. The van der Waals surface area contributed by atoms with Gasteiger partial charge in [0.1, 0.15) is 0 Å². The Morgan fingerprint density at radius 1 is 0.296 bits per heavy atom. The molecule has 1 heterocycles. The first-order valence-electron chi connectivity index (χ1n) is 18.7. The van der Waals surface area contributed by atoms with Crippen LogP contribution in [0.3, 0.4) is 0 Å². The van der Waals surface area contributed by atoms with Gasteiger partial charge < -0.3 is 0 Å². The van der Waals surface area contributed by atoms with Gasteiger partial charge in [-0.3, -0.25) is 0 Å². The third kappa shape index (κ3) is 4.69. The van der Waals surface area contributed by atoms with Crippen LogP contribution in [0.2, 0.25) is 0 Å². The molecule has 0 aliphatic heterocycles. The fourth-order valence-electron chi connectivity index (χ4n) is 8.96. The van der Waals surface area contributed by atoms with Crippen LogP contribution >= 0.6 is 11.3 Å². The summed E-state index contributed by atoms with van der Waals surface area (Å²) in [7, 11) is 0. The van der Waals surface area contributed by atoms with Gasteiger partial charge in [-0.05, 0) is 95.0 Å². The lowest BCUT2D eigenvalue weighted by Gasteiger charge is -2.18. The van der Waals surface area contributed by atoms with E-state index in [0.29, 0.717) is 0 Å². The summed E-state index contributed by atoms with van der Waals surface area (Å²) in [5.74, 6) is 0. The summed E-state index contributed by atoms with van der Waals surface area (Å²) in [6, 6.07) is 69.7. The highest BCUT2D eigenvalue weighted by molar-refractivity contribution is 7.26. The van der Waals surface area contributed by atoms with E-state index in [4.69, 9.17) is 0 Å². The molecule has 0 unspecified atom stereocenters. The van der Waals surface area contributed by atoms with E-state index in [-0.39, 0.29) is 0 Å². The fourth-order valence-corrected chi connectivity index (χ4v) is 10.2. The summed E-state index contributed by atoms with van der Waals surface area (Å²) in [5.41, 5.74) is 11.5. The van der Waals surface area contributed by atoms with Crippen LogP contribution in [0.5, 0.6) is 0 Å². The van der Waals surface area contributed by atoms with Crippen LogP contribution in [0.25, 0.3) is 108 Å². The number of hydrogen-bond donors (Lipinski definition) is 0. The molecule has 0 radical (unpaired) electrons. The van der Waals surface area contributed by atoms with Crippen molar-refractivity contribution in [2.75, 3.05) is 0 Å². The Morgan fingerprint density at radius 2 is 0.704 bits per heavy atom. The average molecular weight is 703 g/mol. The first-order valence-corrected chi connectivity index (χ1v) is 19.5. The van der Waals surface area contributed by atoms with E-state index in [1.165, 1.54) is 113 Å². The Bertz CT molecular complexity index is 3140. The van der Waals surface area contributed by atoms with E-state index in [9.17, 15) is 0 Å². The fraction of sp³-hybridized carbons (Fsp3) is 0.0189. The Hall–Kier alpha value is -6.54. The van der Waals surface area contributed by atoms with Crippen molar-refractivity contribution in [1.82, 2.24) is 0 Å². The summed E-state index contributed by atoms with van der Waals surface area (Å²) in [6.45, 7) is 2.15. The van der Waals surface area contributed by atoms with Crippen molar-refractivity contribution in [3.05, 3.63) is 194 Å². The lowest BCUT2D eigenvalue weighted by Crippen LogP contribution is -1.90. The molecule has 0 atom stereocenters. The van der Waals surface area contributed by atoms with Gasteiger partial charge in [-0.15, -0.1) is 11.3 Å². The molecular formula is C53H34S. The highest BCUT2D eigenvalue weighted by atomic mass is 32.1. The van der Waals surface area contributed by atoms with Gasteiger partial charge in [0, 0.05) is 25.7 Å². The molecule has 0 aliphatic carbocycles. The topological polar surface area (TPSA) is 0 Å². The molecule has 54 heavy (non-hydrogen) atoms. The van der Waals surface area contributed by atoms with Crippen LogP contribution in [0.4, 0.5) is 0 Å². The SMILES string of the molecule is Cc1ccc(-c2c3ccccc3c(-c3ccc4c(c3)sc3c(-c5c6ccccc6c(-c6ccccc6)c6ccccc56)cccc34)c3ccccc23)cc1. The predicted molar refractivity (Wildman–Crippen MR) is 236 cm³/mol. The van der Waals surface area contributed by atoms with Crippen molar-refractivity contribution in [3.8, 4) is 44.5 Å². The molecule has 0 bridgehead atoms. The molecular weight excluding hydrogens is 669 g/mol. The Labute approximate surface area is 318 Å². The third-order valence-corrected chi connectivity index (χ3v) is 12.5. The molecule has 0 spiro atoms. The molecule has 10 aromatic carbocycles. The van der Waals surface area contributed by atoms with Crippen molar-refractivity contribution >= 4 is 74.6 Å². The largest absolute Gasteiger partial charge is 0.135 e. The zero-order chi connectivity index (χ0) is 35.8. The second-order valence-electron chi connectivity index (χ2n) is 14.4. The summed E-state index contributed by atoms with van der Waals surface area (Å²) in [6.07, 6.45) is 0. The molecule has 1 heteroatoms. The Kier molecular flexibility index (Phi) is 7.05. The molecule has 0 N–H and O–H groups in total. The zero-order valence-corrected chi connectivity index (χ0v) is 30.6. The molecule has 0 aliphatic rings. The van der Waals surface area contributed by atoms with Crippen LogP contribution in [0, 0.1) is 6.92 Å². The maximum atomic E-state index is 2.44. The highest BCUT2D eigenvalue weighted by Crippen LogP contribution is 2.49. The summed E-state index contributed by atoms with van der Waals surface area (Å²) < 4.78 is 2.64. The van der Waals surface area contributed by atoms with Gasteiger partial charge in [0.2, 0.25) is 0 Å². The van der Waals surface area contributed by atoms with E-state index >= 15 is 0 Å². The second-order valence-corrected chi connectivity index (χ2v) is 15.5. The van der Waals surface area contributed by atoms with Crippen molar-refractivity contribution in [2.24, 2.45) is 0 Å². The standard InChI is InChI=1S/C53H34S/c1-33-26-28-35(29-27-33)50-38-16-5-7-18-40(38)51(41-19-8-6-17-39(41)50)36-30-31-37-46-24-13-25-47(53(46)54-48(37)32-36)52-44-22-11-9-20-42(44)49(34-14-3-2-4-15-34)43-21-10-12-23-45(43)52/h2-32H,1H3. The van der Waals surface area contributed by atoms with Gasteiger partial charge in [-0.2, -0.15) is 0 Å². The van der Waals surface area contributed by atoms with E-state index in [1.54, 1.807) is 0 Å². The number of thiophene rings is 1. The number of benzene rings is 10. The molecule has 11 aromatic rings. The minimum Gasteiger partial charge on any atom is -0.135 e. The maximum Gasteiger partial charge on any atom is 0.0434 e. The van der Waals surface area contributed by atoms with Crippen molar-refractivity contribution in [1.29, 1.82) is 0 Å². The van der Waals surface area contributed by atoms with Gasteiger partial charge in [-0.1, -0.05) is 188 Å². The van der Waals surface area contributed by atoms with E-state index < -0.39 is 0 Å². The molecule has 0 saturated heterocycles. The first-order chi connectivity index (χ1) is 26.7. The number of fused-ring (bicyclic) bond motifs is 7. The number of rotatable bonds is 4. The van der Waals surface area contributed by atoms with E-state index in [0.717, 1.165) is 0 Å². The number of aryl methyl sites for hydroxylation is 1. The van der Waals surface area contributed by atoms with Crippen LogP contribution in [0.1, 0.15) is 5.56 Å². The normalized spacial score (nSPS) is 11.8. The molecule has 0 amide bonds. The van der Waals surface area contributed by atoms with Gasteiger partial charge in [0.05, 0.1) is 0 Å². The monoisotopic (exact) mass is 702 g/mol. The third-order valence-electron chi connectivity index (χ3n) is 11.3. The van der Waals surface area contributed by atoms with Gasteiger partial charge in [-0.25, -0.2) is 0 Å². The van der Waals surface area contributed by atoms with Crippen LogP contribution in [-0.2, 0) is 0 Å². The summed E-state index contributed by atoms with van der Waals surface area (Å²) in [4.78, 5) is 0. The Balaban J connectivity index is 1.17. The van der Waals surface area contributed by atoms with Crippen molar-refractivity contribution in [3.63, 3.8) is 0 Å². The second kappa shape index (κ2) is 12.3. The van der Waals surface area contributed by atoms with Crippen LogP contribution < -0.4 is 0 Å². The molecule has 252 valence electrons. The number of hydrogen-bond acceptors (Lipinski definition) is 1. The first kappa shape index (κ1) is 31.0. The van der Waals surface area contributed by atoms with Crippen LogP contribution in [-0.4, -0.2) is 0 Å². The van der Waals surface area contributed by atoms with E-state index in [1.807, 2.05) is 11.3 Å². The lowest BCUT2D eigenvalue weighted by molar-refractivity contribution is 1.47. The Morgan fingerprint density at radius 3 is 1.22 bits per heavy atom. The van der Waals surface area contributed by atoms with Gasteiger partial charge in [0.15, 0.2) is 0 Å². The molecule has 0 fully saturated rings.